The molecule has 0 amide bonds. The molecule has 0 fully saturated rings. The van der Waals surface area contributed by atoms with E-state index >= 15 is 0 Å². The summed E-state index contributed by atoms with van der Waals surface area (Å²) >= 11 is 0. The highest BCUT2D eigenvalue weighted by Crippen LogP contribution is 2.35. The lowest BCUT2D eigenvalue weighted by molar-refractivity contribution is 0.276. The predicted octanol–water partition coefficient (Wildman–Crippen LogP) is 1.90. The maximum atomic E-state index is 13.0. The number of aryl methyl sites for hydroxylation is 3. The van der Waals surface area contributed by atoms with Gasteiger partial charge in [-0.2, -0.15) is 0 Å². The molecule has 3 heterocycles. The van der Waals surface area contributed by atoms with Crippen LogP contribution in [-0.2, 0) is 33.7 Å². The molecule has 0 atom stereocenters. The van der Waals surface area contributed by atoms with Gasteiger partial charge in [-0.25, -0.2) is 14.2 Å². The Morgan fingerprint density at radius 1 is 0.914 bits per heavy atom. The van der Waals surface area contributed by atoms with E-state index in [1.807, 2.05) is 37.3 Å². The van der Waals surface area contributed by atoms with Gasteiger partial charge in [0.1, 0.15) is 30.3 Å². The average molecular weight is 474 g/mol. The Morgan fingerprint density at radius 3 is 2.20 bits per heavy atom. The Morgan fingerprint density at radius 2 is 1.57 bits per heavy atom. The predicted molar refractivity (Wildman–Crippen MR) is 123 cm³/mol. The second-order valence-electron chi connectivity index (χ2n) is 7.96. The van der Waals surface area contributed by atoms with Gasteiger partial charge in [-0.1, -0.05) is 30.3 Å². The topological polar surface area (TPSA) is 136 Å². The fraction of sp³-hybridized carbons (Fsp3) is 0.261. The number of ether oxygens (including phenoxy) is 2. The van der Waals surface area contributed by atoms with Crippen LogP contribution in [0.5, 0.6) is 11.5 Å². The lowest BCUT2D eigenvalue weighted by Crippen LogP contribution is -2.12. The van der Waals surface area contributed by atoms with E-state index in [-0.39, 0.29) is 13.2 Å². The van der Waals surface area contributed by atoms with E-state index < -0.39 is 5.63 Å². The van der Waals surface area contributed by atoms with Crippen LogP contribution in [0.2, 0.25) is 0 Å². The quantitative estimate of drug-likeness (QED) is 0.307. The molecule has 35 heavy (non-hydrogen) atoms. The first-order chi connectivity index (χ1) is 17.0. The Kier molecular flexibility index (Phi) is 5.92. The molecule has 0 radical (unpaired) electrons. The zero-order valence-electron chi connectivity index (χ0n) is 19.4. The first-order valence-electron chi connectivity index (χ1n) is 10.8. The van der Waals surface area contributed by atoms with Crippen molar-refractivity contribution in [3.63, 3.8) is 0 Å². The van der Waals surface area contributed by atoms with Crippen LogP contribution in [0.4, 0.5) is 0 Å². The van der Waals surface area contributed by atoms with E-state index in [0.717, 1.165) is 11.1 Å². The summed E-state index contributed by atoms with van der Waals surface area (Å²) in [4.78, 5) is 13.0. The third kappa shape index (κ3) is 4.58. The van der Waals surface area contributed by atoms with Crippen molar-refractivity contribution in [2.45, 2.75) is 26.6 Å². The van der Waals surface area contributed by atoms with Gasteiger partial charge < -0.3 is 13.9 Å². The maximum absolute atomic E-state index is 13.0. The van der Waals surface area contributed by atoms with Gasteiger partial charge in [0.15, 0.2) is 11.6 Å². The molecular formula is C23H22N8O4. The number of hydrogen-bond acceptors (Lipinski definition) is 10. The van der Waals surface area contributed by atoms with Crippen LogP contribution in [0.3, 0.4) is 0 Å². The SMILES string of the molecule is Cc1c(Cc2ccccc2)c(=O)oc2cc(OCc3nnnn3C)cc(OCc3nnnn3C)c12. The molecule has 3 aromatic heterocycles. The molecular weight excluding hydrogens is 452 g/mol. The van der Waals surface area contributed by atoms with Crippen molar-refractivity contribution in [3.8, 4) is 11.5 Å². The summed E-state index contributed by atoms with van der Waals surface area (Å²) < 4.78 is 20.8. The average Bonchev–Trinajstić information content (AvgIpc) is 3.46. The molecule has 0 aliphatic rings. The molecule has 5 aromatic rings. The van der Waals surface area contributed by atoms with Crippen molar-refractivity contribution in [2.24, 2.45) is 14.1 Å². The molecule has 0 unspecified atom stereocenters. The summed E-state index contributed by atoms with van der Waals surface area (Å²) in [6.07, 6.45) is 0.439. The van der Waals surface area contributed by atoms with Crippen LogP contribution < -0.4 is 15.1 Å². The highest BCUT2D eigenvalue weighted by molar-refractivity contribution is 5.89. The minimum atomic E-state index is -0.406. The van der Waals surface area contributed by atoms with E-state index in [2.05, 4.69) is 31.1 Å². The molecule has 0 aliphatic carbocycles. The highest BCUT2D eigenvalue weighted by Gasteiger charge is 2.19. The van der Waals surface area contributed by atoms with E-state index in [9.17, 15) is 4.79 Å². The molecule has 0 bridgehead atoms. The van der Waals surface area contributed by atoms with E-state index in [1.54, 1.807) is 26.2 Å². The standard InChI is InChI=1S/C23H22N8O4/c1-14-17(9-15-7-5-4-6-8-15)23(32)35-19-11-16(33-12-20-24-26-28-30(20)2)10-18(22(14)19)34-13-21-25-27-29-31(21)3/h4-8,10-11H,9,12-13H2,1-3H3. The first kappa shape index (κ1) is 22.2. The summed E-state index contributed by atoms with van der Waals surface area (Å²) in [5.74, 6) is 1.99. The Labute approximate surface area is 199 Å². The van der Waals surface area contributed by atoms with Crippen molar-refractivity contribution < 1.29 is 13.9 Å². The summed E-state index contributed by atoms with van der Waals surface area (Å²) in [6, 6.07) is 13.2. The van der Waals surface area contributed by atoms with Crippen molar-refractivity contribution in [1.29, 1.82) is 0 Å². The van der Waals surface area contributed by atoms with Crippen molar-refractivity contribution in [3.05, 3.63) is 81.2 Å². The lowest BCUT2D eigenvalue weighted by Gasteiger charge is -2.15. The summed E-state index contributed by atoms with van der Waals surface area (Å²) in [5, 5.41) is 23.5. The molecule has 2 aromatic carbocycles. The number of hydrogen-bond donors (Lipinski definition) is 0. The first-order valence-corrected chi connectivity index (χ1v) is 10.8. The van der Waals surface area contributed by atoms with Crippen LogP contribution in [0.1, 0.15) is 28.3 Å². The van der Waals surface area contributed by atoms with Gasteiger partial charge in [0.2, 0.25) is 0 Å². The summed E-state index contributed by atoms with van der Waals surface area (Å²) in [7, 11) is 3.45. The van der Waals surface area contributed by atoms with E-state index in [0.29, 0.717) is 46.1 Å². The van der Waals surface area contributed by atoms with Crippen LogP contribution in [0.25, 0.3) is 11.0 Å². The van der Waals surface area contributed by atoms with Gasteiger partial charge in [-0.3, -0.25) is 0 Å². The van der Waals surface area contributed by atoms with Crippen LogP contribution >= 0.6 is 0 Å². The summed E-state index contributed by atoms with van der Waals surface area (Å²) in [5.41, 5.74) is 2.29. The monoisotopic (exact) mass is 474 g/mol. The van der Waals surface area contributed by atoms with Gasteiger partial charge >= 0.3 is 5.63 Å². The van der Waals surface area contributed by atoms with Crippen molar-refractivity contribution in [1.82, 2.24) is 40.4 Å². The lowest BCUT2D eigenvalue weighted by atomic mass is 9.99. The number of tetrazole rings is 2. The van der Waals surface area contributed by atoms with E-state index in [4.69, 9.17) is 13.9 Å². The minimum absolute atomic E-state index is 0.113. The minimum Gasteiger partial charge on any atom is -0.485 e. The van der Waals surface area contributed by atoms with Gasteiger partial charge in [-0.15, -0.1) is 10.2 Å². The Bertz CT molecular complexity index is 1540. The largest absolute Gasteiger partial charge is 0.485 e. The third-order valence-electron chi connectivity index (χ3n) is 5.68. The van der Waals surface area contributed by atoms with Gasteiger partial charge in [-0.05, 0) is 38.9 Å². The highest BCUT2D eigenvalue weighted by atomic mass is 16.5. The normalized spacial score (nSPS) is 11.2. The number of nitrogens with zero attached hydrogens (tertiary/aromatic N) is 8. The third-order valence-corrected chi connectivity index (χ3v) is 5.68. The van der Waals surface area contributed by atoms with Gasteiger partial charge in [0.25, 0.3) is 0 Å². The molecule has 0 aliphatic heterocycles. The Hall–Kier alpha value is -4.61. The van der Waals surface area contributed by atoms with Crippen molar-refractivity contribution >= 4 is 11.0 Å². The summed E-state index contributed by atoms with van der Waals surface area (Å²) in [6.45, 7) is 2.12. The molecule has 178 valence electrons. The van der Waals surface area contributed by atoms with Gasteiger partial charge in [0, 0.05) is 38.2 Å². The van der Waals surface area contributed by atoms with E-state index in [1.165, 1.54) is 9.36 Å². The van der Waals surface area contributed by atoms with Crippen molar-refractivity contribution in [2.75, 3.05) is 0 Å². The smallest absolute Gasteiger partial charge is 0.340 e. The zero-order valence-corrected chi connectivity index (χ0v) is 19.4. The second-order valence-corrected chi connectivity index (χ2v) is 7.96. The number of fused-ring (bicyclic) bond motifs is 1. The molecule has 0 saturated carbocycles. The fourth-order valence-electron chi connectivity index (χ4n) is 3.71. The Balaban J connectivity index is 1.56. The molecule has 0 spiro atoms. The van der Waals surface area contributed by atoms with Crippen LogP contribution in [-0.4, -0.2) is 40.4 Å². The number of benzene rings is 2. The second kappa shape index (κ2) is 9.33. The molecule has 12 heteroatoms. The molecule has 5 rings (SSSR count). The van der Waals surface area contributed by atoms with Crippen LogP contribution in [0, 0.1) is 6.92 Å². The van der Waals surface area contributed by atoms with Gasteiger partial charge in [0.05, 0.1) is 5.39 Å². The number of rotatable bonds is 8. The maximum Gasteiger partial charge on any atom is 0.340 e. The number of aromatic nitrogens is 8. The zero-order chi connectivity index (χ0) is 24.4. The fourth-order valence-corrected chi connectivity index (χ4v) is 3.71. The molecule has 0 saturated heterocycles. The molecule has 12 nitrogen and oxygen atoms in total. The van der Waals surface area contributed by atoms with Crippen LogP contribution in [0.15, 0.2) is 51.7 Å². The molecule has 0 N–H and O–H groups in total.